The number of hydrogen-bond donors (Lipinski definition) is 0. The number of halogens is 2. The average Bonchev–Trinajstić information content (AvgIpc) is 2.97. The second-order valence-corrected chi connectivity index (χ2v) is 7.82. The summed E-state index contributed by atoms with van der Waals surface area (Å²) in [6.07, 6.45) is -0.191. The molecule has 1 aromatic heterocycles. The molecule has 0 bridgehead atoms. The molecule has 25 heavy (non-hydrogen) atoms. The van der Waals surface area contributed by atoms with Gasteiger partial charge in [-0.15, -0.1) is 10.2 Å². The van der Waals surface area contributed by atoms with Gasteiger partial charge in [-0.3, -0.25) is 0 Å². The maximum Gasteiger partial charge on any atom is 0.191 e. The molecule has 1 heterocycles. The first-order chi connectivity index (χ1) is 12.0. The molecule has 2 aromatic carbocycles. The van der Waals surface area contributed by atoms with Crippen LogP contribution in [0.4, 0.5) is 0 Å². The SMILES string of the molecule is CC(Oc1ccc(Br)cc1)c1nnc(SCc2ccc(Cl)cc2)n1C. The number of ether oxygens (including phenoxy) is 1. The Morgan fingerprint density at radius 3 is 2.48 bits per heavy atom. The lowest BCUT2D eigenvalue weighted by Gasteiger charge is -2.14. The molecule has 0 aliphatic heterocycles. The highest BCUT2D eigenvalue weighted by atomic mass is 79.9. The molecule has 0 saturated heterocycles. The van der Waals surface area contributed by atoms with E-state index in [4.69, 9.17) is 16.3 Å². The number of rotatable bonds is 6. The van der Waals surface area contributed by atoms with Crippen molar-refractivity contribution in [1.29, 1.82) is 0 Å². The molecule has 0 spiro atoms. The molecule has 130 valence electrons. The van der Waals surface area contributed by atoms with Gasteiger partial charge in [0.15, 0.2) is 17.1 Å². The summed E-state index contributed by atoms with van der Waals surface area (Å²) in [5, 5.41) is 10.2. The molecule has 0 amide bonds. The molecule has 3 aromatic rings. The molecule has 0 radical (unpaired) electrons. The van der Waals surface area contributed by atoms with Crippen molar-refractivity contribution in [2.24, 2.45) is 7.05 Å². The quantitative estimate of drug-likeness (QED) is 0.465. The van der Waals surface area contributed by atoms with Crippen molar-refractivity contribution in [1.82, 2.24) is 14.8 Å². The molecule has 3 rings (SSSR count). The molecule has 0 fully saturated rings. The summed E-state index contributed by atoms with van der Waals surface area (Å²) in [4.78, 5) is 0. The molecule has 0 aliphatic carbocycles. The van der Waals surface area contributed by atoms with Crippen LogP contribution in [0.1, 0.15) is 24.4 Å². The first-order valence-electron chi connectivity index (χ1n) is 7.71. The first-order valence-corrected chi connectivity index (χ1v) is 9.87. The summed E-state index contributed by atoms with van der Waals surface area (Å²) in [5.74, 6) is 2.40. The van der Waals surface area contributed by atoms with E-state index in [1.807, 2.05) is 67.1 Å². The highest BCUT2D eigenvalue weighted by Gasteiger charge is 2.17. The van der Waals surface area contributed by atoms with E-state index in [0.29, 0.717) is 0 Å². The van der Waals surface area contributed by atoms with Crippen molar-refractivity contribution in [2.75, 3.05) is 0 Å². The van der Waals surface area contributed by atoms with Crippen LogP contribution in [0.25, 0.3) is 0 Å². The van der Waals surface area contributed by atoms with Crippen molar-refractivity contribution < 1.29 is 4.74 Å². The maximum absolute atomic E-state index is 5.96. The van der Waals surface area contributed by atoms with E-state index in [9.17, 15) is 0 Å². The smallest absolute Gasteiger partial charge is 0.191 e. The van der Waals surface area contributed by atoms with Gasteiger partial charge in [0, 0.05) is 22.3 Å². The van der Waals surface area contributed by atoms with Gasteiger partial charge in [-0.05, 0) is 48.9 Å². The minimum atomic E-state index is -0.191. The minimum Gasteiger partial charge on any atom is -0.483 e. The highest BCUT2D eigenvalue weighted by Crippen LogP contribution is 2.26. The molecule has 0 N–H and O–H groups in total. The predicted octanol–water partition coefficient (Wildman–Crippen LogP) is 5.66. The molecule has 4 nitrogen and oxygen atoms in total. The van der Waals surface area contributed by atoms with Crippen LogP contribution in [0.5, 0.6) is 5.75 Å². The lowest BCUT2D eigenvalue weighted by Crippen LogP contribution is -2.10. The second kappa shape index (κ2) is 8.25. The molecule has 1 atom stereocenters. The maximum atomic E-state index is 5.96. The van der Waals surface area contributed by atoms with Gasteiger partial charge in [0.2, 0.25) is 0 Å². The number of nitrogens with zero attached hydrogens (tertiary/aromatic N) is 3. The zero-order valence-electron chi connectivity index (χ0n) is 13.8. The Kier molecular flexibility index (Phi) is 6.04. The van der Waals surface area contributed by atoms with Crippen molar-refractivity contribution in [3.8, 4) is 5.75 Å². The summed E-state index contributed by atoms with van der Waals surface area (Å²) in [7, 11) is 1.96. The van der Waals surface area contributed by atoms with Crippen molar-refractivity contribution in [3.63, 3.8) is 0 Å². The summed E-state index contributed by atoms with van der Waals surface area (Å²) in [5.41, 5.74) is 1.19. The third-order valence-electron chi connectivity index (χ3n) is 3.64. The zero-order chi connectivity index (χ0) is 17.8. The summed E-state index contributed by atoms with van der Waals surface area (Å²) in [6.45, 7) is 1.97. The van der Waals surface area contributed by atoms with E-state index < -0.39 is 0 Å². The van der Waals surface area contributed by atoms with Crippen molar-refractivity contribution in [2.45, 2.75) is 23.9 Å². The fourth-order valence-corrected chi connectivity index (χ4v) is 3.57. The third kappa shape index (κ3) is 4.77. The fraction of sp³-hybridized carbons (Fsp3) is 0.222. The van der Waals surface area contributed by atoms with E-state index in [1.54, 1.807) is 11.8 Å². The van der Waals surface area contributed by atoms with Crippen LogP contribution in [0.3, 0.4) is 0 Å². The summed E-state index contributed by atoms with van der Waals surface area (Å²) < 4.78 is 8.95. The molecular weight excluding hydrogens is 422 g/mol. The zero-order valence-corrected chi connectivity index (χ0v) is 17.0. The van der Waals surface area contributed by atoms with Gasteiger partial charge in [-0.25, -0.2) is 0 Å². The molecule has 7 heteroatoms. The Morgan fingerprint density at radius 2 is 1.80 bits per heavy atom. The van der Waals surface area contributed by atoms with Gasteiger partial charge in [0.25, 0.3) is 0 Å². The normalized spacial score (nSPS) is 12.2. The summed E-state index contributed by atoms with van der Waals surface area (Å²) >= 11 is 11.0. The standard InChI is InChI=1S/C18H17BrClN3OS/c1-12(24-16-9-5-14(19)6-10-16)17-21-22-18(23(17)2)25-11-13-3-7-15(20)8-4-13/h3-10,12H,11H2,1-2H3. The van der Waals surface area contributed by atoms with Crippen molar-refractivity contribution in [3.05, 3.63) is 69.4 Å². The van der Waals surface area contributed by atoms with Gasteiger partial charge in [0.1, 0.15) is 5.75 Å². The van der Waals surface area contributed by atoms with Gasteiger partial charge in [0.05, 0.1) is 0 Å². The van der Waals surface area contributed by atoms with Gasteiger partial charge in [-0.2, -0.15) is 0 Å². The number of benzene rings is 2. The largest absolute Gasteiger partial charge is 0.483 e. The Labute approximate surface area is 164 Å². The van der Waals surface area contributed by atoms with Crippen LogP contribution >= 0.6 is 39.3 Å². The van der Waals surface area contributed by atoms with Crippen LogP contribution in [0, 0.1) is 0 Å². The van der Waals surface area contributed by atoms with Crippen LogP contribution in [-0.4, -0.2) is 14.8 Å². The highest BCUT2D eigenvalue weighted by molar-refractivity contribution is 9.10. The Bertz CT molecular complexity index is 837. The third-order valence-corrected chi connectivity index (χ3v) is 5.51. The average molecular weight is 439 g/mol. The molecule has 1 unspecified atom stereocenters. The predicted molar refractivity (Wildman–Crippen MR) is 105 cm³/mol. The Balaban J connectivity index is 1.65. The van der Waals surface area contributed by atoms with Gasteiger partial charge < -0.3 is 9.30 Å². The van der Waals surface area contributed by atoms with Crippen LogP contribution in [-0.2, 0) is 12.8 Å². The fourth-order valence-electron chi connectivity index (χ4n) is 2.30. The van der Waals surface area contributed by atoms with Gasteiger partial charge in [-0.1, -0.05) is 51.4 Å². The second-order valence-electron chi connectivity index (χ2n) is 5.53. The van der Waals surface area contributed by atoms with E-state index in [2.05, 4.69) is 26.1 Å². The van der Waals surface area contributed by atoms with E-state index in [0.717, 1.165) is 32.0 Å². The van der Waals surface area contributed by atoms with Crippen LogP contribution < -0.4 is 4.74 Å². The molecule has 0 saturated carbocycles. The first kappa shape index (κ1) is 18.3. The Morgan fingerprint density at radius 1 is 1.12 bits per heavy atom. The number of hydrogen-bond acceptors (Lipinski definition) is 4. The lowest BCUT2D eigenvalue weighted by molar-refractivity contribution is 0.211. The minimum absolute atomic E-state index is 0.191. The molecular formula is C18H17BrClN3OS. The van der Waals surface area contributed by atoms with Crippen molar-refractivity contribution >= 4 is 39.3 Å². The number of thioether (sulfide) groups is 1. The monoisotopic (exact) mass is 437 g/mol. The summed E-state index contributed by atoms with van der Waals surface area (Å²) in [6, 6.07) is 15.6. The lowest BCUT2D eigenvalue weighted by atomic mass is 10.2. The Hall–Kier alpha value is -1.50. The topological polar surface area (TPSA) is 39.9 Å². The van der Waals surface area contributed by atoms with Gasteiger partial charge >= 0.3 is 0 Å². The van der Waals surface area contributed by atoms with E-state index in [-0.39, 0.29) is 6.10 Å². The van der Waals surface area contributed by atoms with E-state index in [1.165, 1.54) is 5.56 Å². The van der Waals surface area contributed by atoms with Crippen LogP contribution in [0.2, 0.25) is 5.02 Å². The van der Waals surface area contributed by atoms with Crippen LogP contribution in [0.15, 0.2) is 58.2 Å². The van der Waals surface area contributed by atoms with E-state index >= 15 is 0 Å². The number of aromatic nitrogens is 3. The molecule has 0 aliphatic rings.